The van der Waals surface area contributed by atoms with E-state index in [1.165, 1.54) is 11.7 Å². The molecule has 7 heteroatoms. The Morgan fingerprint density at radius 3 is 2.52 bits per heavy atom. The van der Waals surface area contributed by atoms with Crippen LogP contribution in [0, 0.1) is 0 Å². The van der Waals surface area contributed by atoms with Gasteiger partial charge in [0, 0.05) is 7.05 Å². The van der Waals surface area contributed by atoms with Crippen molar-refractivity contribution in [2.75, 3.05) is 13.2 Å². The van der Waals surface area contributed by atoms with E-state index in [-0.39, 0.29) is 24.3 Å². The van der Waals surface area contributed by atoms with Gasteiger partial charge in [0.05, 0.1) is 6.61 Å². The molecule has 0 aliphatic rings. The lowest BCUT2D eigenvalue weighted by molar-refractivity contribution is 0.201. The van der Waals surface area contributed by atoms with Gasteiger partial charge in [0.15, 0.2) is 0 Å². The molecule has 0 aliphatic carbocycles. The zero-order chi connectivity index (χ0) is 15.6. The third-order valence-corrected chi connectivity index (χ3v) is 3.12. The van der Waals surface area contributed by atoms with E-state index >= 15 is 0 Å². The summed E-state index contributed by atoms with van der Waals surface area (Å²) < 4.78 is 7.83. The summed E-state index contributed by atoms with van der Waals surface area (Å²) in [7, 11) is 1.54. The summed E-state index contributed by atoms with van der Waals surface area (Å²) in [4.78, 5) is 12.1. The van der Waals surface area contributed by atoms with Crippen LogP contribution >= 0.6 is 0 Å². The zero-order valence-corrected chi connectivity index (χ0v) is 12.7. The number of aliphatic hydroxyl groups is 1. The third kappa shape index (κ3) is 3.13. The Labute approximate surface area is 122 Å². The van der Waals surface area contributed by atoms with Gasteiger partial charge in [-0.05, 0) is 33.5 Å². The number of benzene rings is 1. The molecule has 0 amide bonds. The minimum atomic E-state index is -0.352. The fourth-order valence-corrected chi connectivity index (χ4v) is 1.89. The molecule has 7 nitrogen and oxygen atoms in total. The van der Waals surface area contributed by atoms with Crippen LogP contribution in [0.15, 0.2) is 23.0 Å². The molecule has 0 unspecified atom stereocenters. The fourth-order valence-electron chi connectivity index (χ4n) is 1.89. The molecular weight excluding hydrogens is 272 g/mol. The first kappa shape index (κ1) is 15.2. The molecule has 0 saturated carbocycles. The van der Waals surface area contributed by atoms with Gasteiger partial charge in [-0.15, -0.1) is 0 Å². The zero-order valence-electron chi connectivity index (χ0n) is 12.7. The van der Waals surface area contributed by atoms with Gasteiger partial charge in [-0.3, -0.25) is 0 Å². The molecule has 0 radical (unpaired) electrons. The molecule has 0 spiro atoms. The van der Waals surface area contributed by atoms with Crippen LogP contribution in [0.25, 0.3) is 5.69 Å². The van der Waals surface area contributed by atoms with Crippen molar-refractivity contribution in [2.45, 2.75) is 26.2 Å². The third-order valence-electron chi connectivity index (χ3n) is 3.12. The molecule has 1 heterocycles. The molecule has 21 heavy (non-hydrogen) atoms. The maximum atomic E-state index is 12.1. The number of nitrogens with zero attached hydrogens (tertiary/aromatic N) is 4. The van der Waals surface area contributed by atoms with E-state index < -0.39 is 0 Å². The molecule has 0 atom stereocenters. The second-order valence-electron chi connectivity index (χ2n) is 5.80. The second kappa shape index (κ2) is 5.69. The first-order valence-corrected chi connectivity index (χ1v) is 6.72. The SMILES string of the molecule is Cn1nnn(-c2cc(C(C)(C)C)ccc2OCCO)c1=O. The second-order valence-corrected chi connectivity index (χ2v) is 5.80. The van der Waals surface area contributed by atoms with E-state index in [2.05, 4.69) is 31.2 Å². The number of tetrazole rings is 1. The van der Waals surface area contributed by atoms with Crippen LogP contribution in [0.5, 0.6) is 5.75 Å². The van der Waals surface area contributed by atoms with Crippen molar-refractivity contribution in [3.63, 3.8) is 0 Å². The van der Waals surface area contributed by atoms with Crippen LogP contribution in [-0.2, 0) is 12.5 Å². The van der Waals surface area contributed by atoms with Gasteiger partial charge in [-0.2, -0.15) is 9.36 Å². The number of hydrogen-bond donors (Lipinski definition) is 1. The van der Waals surface area contributed by atoms with Crippen molar-refractivity contribution in [1.82, 2.24) is 19.8 Å². The van der Waals surface area contributed by atoms with E-state index in [0.29, 0.717) is 11.4 Å². The first-order chi connectivity index (χ1) is 9.84. The average molecular weight is 292 g/mol. The van der Waals surface area contributed by atoms with Gasteiger partial charge in [0.2, 0.25) is 0 Å². The van der Waals surface area contributed by atoms with Crippen LogP contribution < -0.4 is 10.4 Å². The predicted molar refractivity (Wildman–Crippen MR) is 77.9 cm³/mol. The quantitative estimate of drug-likeness (QED) is 0.894. The summed E-state index contributed by atoms with van der Waals surface area (Å²) in [5, 5.41) is 16.5. The van der Waals surface area contributed by atoms with Crippen molar-refractivity contribution in [2.24, 2.45) is 7.05 Å². The van der Waals surface area contributed by atoms with Gasteiger partial charge >= 0.3 is 5.69 Å². The standard InChI is InChI=1S/C14H20N4O3/c1-14(2,3)10-5-6-12(21-8-7-19)11(9-10)18-13(20)17(4)15-16-18/h5-6,9,19H,7-8H2,1-4H3. The molecule has 114 valence electrons. The molecule has 0 aliphatic heterocycles. The van der Waals surface area contributed by atoms with E-state index in [1.54, 1.807) is 6.07 Å². The Morgan fingerprint density at radius 1 is 1.29 bits per heavy atom. The number of aryl methyl sites for hydroxylation is 1. The van der Waals surface area contributed by atoms with Gasteiger partial charge in [0.25, 0.3) is 0 Å². The average Bonchev–Trinajstić information content (AvgIpc) is 2.75. The van der Waals surface area contributed by atoms with Gasteiger partial charge in [-0.1, -0.05) is 26.8 Å². The highest BCUT2D eigenvalue weighted by Gasteiger charge is 2.19. The Balaban J connectivity index is 2.58. The van der Waals surface area contributed by atoms with E-state index in [4.69, 9.17) is 9.84 Å². The summed E-state index contributed by atoms with van der Waals surface area (Å²) in [5.41, 5.74) is 1.14. The number of aliphatic hydroxyl groups excluding tert-OH is 1. The number of hydrogen-bond acceptors (Lipinski definition) is 5. The molecule has 0 saturated heterocycles. The van der Waals surface area contributed by atoms with Gasteiger partial charge in [0.1, 0.15) is 18.0 Å². The lowest BCUT2D eigenvalue weighted by atomic mass is 9.87. The lowest BCUT2D eigenvalue weighted by Gasteiger charge is -2.21. The topological polar surface area (TPSA) is 82.2 Å². The molecule has 0 bridgehead atoms. The maximum Gasteiger partial charge on any atom is 0.368 e. The summed E-state index contributed by atoms with van der Waals surface area (Å²) in [5.74, 6) is 0.486. The largest absolute Gasteiger partial charge is 0.489 e. The van der Waals surface area contributed by atoms with Crippen LogP contribution in [0.3, 0.4) is 0 Å². The Kier molecular flexibility index (Phi) is 4.13. The van der Waals surface area contributed by atoms with E-state index in [1.807, 2.05) is 12.1 Å². The number of rotatable bonds is 4. The molecule has 1 N–H and O–H groups in total. The van der Waals surface area contributed by atoms with Crippen LogP contribution in [0.4, 0.5) is 0 Å². The smallest absolute Gasteiger partial charge is 0.368 e. The minimum absolute atomic E-state index is 0.0733. The monoisotopic (exact) mass is 292 g/mol. The highest BCUT2D eigenvalue weighted by molar-refractivity contribution is 5.49. The number of ether oxygens (including phenoxy) is 1. The molecule has 2 aromatic rings. The maximum absolute atomic E-state index is 12.1. The minimum Gasteiger partial charge on any atom is -0.489 e. The van der Waals surface area contributed by atoms with Crippen LogP contribution in [-0.4, -0.2) is 38.1 Å². The summed E-state index contributed by atoms with van der Waals surface area (Å²) >= 11 is 0. The highest BCUT2D eigenvalue weighted by Crippen LogP contribution is 2.29. The van der Waals surface area contributed by atoms with Crippen molar-refractivity contribution in [3.8, 4) is 11.4 Å². The van der Waals surface area contributed by atoms with Crippen molar-refractivity contribution in [1.29, 1.82) is 0 Å². The van der Waals surface area contributed by atoms with Crippen molar-refractivity contribution >= 4 is 0 Å². The predicted octanol–water partition coefficient (Wildman–Crippen LogP) is 0.635. The van der Waals surface area contributed by atoms with Crippen molar-refractivity contribution in [3.05, 3.63) is 34.2 Å². The highest BCUT2D eigenvalue weighted by atomic mass is 16.5. The van der Waals surface area contributed by atoms with Gasteiger partial charge in [-0.25, -0.2) is 4.79 Å². The van der Waals surface area contributed by atoms with Crippen LogP contribution in [0.2, 0.25) is 0 Å². The Hall–Kier alpha value is -2.15. The molecule has 2 rings (SSSR count). The Morgan fingerprint density at radius 2 is 2.00 bits per heavy atom. The van der Waals surface area contributed by atoms with Crippen LogP contribution in [0.1, 0.15) is 26.3 Å². The molecule has 1 aromatic carbocycles. The lowest BCUT2D eigenvalue weighted by Crippen LogP contribution is -2.23. The summed E-state index contributed by atoms with van der Waals surface area (Å²) in [6.45, 7) is 6.30. The molecule has 0 fully saturated rings. The molecular formula is C14H20N4O3. The van der Waals surface area contributed by atoms with E-state index in [9.17, 15) is 4.79 Å². The summed E-state index contributed by atoms with van der Waals surface area (Å²) in [6.07, 6.45) is 0. The van der Waals surface area contributed by atoms with Crippen molar-refractivity contribution < 1.29 is 9.84 Å². The fraction of sp³-hybridized carbons (Fsp3) is 0.500. The first-order valence-electron chi connectivity index (χ1n) is 6.72. The normalized spacial score (nSPS) is 11.7. The Bertz CT molecular complexity index is 682. The van der Waals surface area contributed by atoms with E-state index in [0.717, 1.165) is 10.2 Å². The summed E-state index contributed by atoms with van der Waals surface area (Å²) in [6, 6.07) is 5.59. The van der Waals surface area contributed by atoms with Gasteiger partial charge < -0.3 is 9.84 Å². The number of aromatic nitrogens is 4. The molecule has 1 aromatic heterocycles.